The summed E-state index contributed by atoms with van der Waals surface area (Å²) in [5, 5.41) is 4.67. The van der Waals surface area contributed by atoms with Crippen LogP contribution in [0.4, 0.5) is 4.39 Å². The van der Waals surface area contributed by atoms with Crippen LogP contribution in [-0.2, 0) is 11.5 Å². The molecule has 1 aliphatic rings. The molecule has 0 unspecified atom stereocenters. The van der Waals surface area contributed by atoms with Gasteiger partial charge in [0.05, 0.1) is 5.69 Å². The molecule has 1 atom stereocenters. The first-order valence-electron chi connectivity index (χ1n) is 9.11. The number of aromatic nitrogens is 2. The summed E-state index contributed by atoms with van der Waals surface area (Å²) in [5.41, 5.74) is 8.89. The molecule has 1 aromatic heterocycles. The third-order valence-corrected chi connectivity index (χ3v) is 7.08. The quantitative estimate of drug-likeness (QED) is 0.455. The predicted octanol–water partition coefficient (Wildman–Crippen LogP) is 5.17. The van der Waals surface area contributed by atoms with Gasteiger partial charge in [0.15, 0.2) is 0 Å². The van der Waals surface area contributed by atoms with Crippen molar-refractivity contribution in [2.45, 2.75) is 51.3 Å². The Morgan fingerprint density at radius 2 is 2.12 bits per heavy atom. The average molecular weight is 440 g/mol. The van der Waals surface area contributed by atoms with Crippen LogP contribution in [0.2, 0.25) is 25.7 Å². The summed E-state index contributed by atoms with van der Waals surface area (Å²) < 4.78 is 22.2. The number of nitrogens with two attached hydrogens (primary N) is 1. The first-order chi connectivity index (χ1) is 12.2. The van der Waals surface area contributed by atoms with Crippen molar-refractivity contribution in [1.29, 1.82) is 0 Å². The van der Waals surface area contributed by atoms with E-state index in [1.165, 1.54) is 12.1 Å². The van der Waals surface area contributed by atoms with E-state index < -0.39 is 8.07 Å². The minimum atomic E-state index is -1.11. The largest absolute Gasteiger partial charge is 0.360 e. The van der Waals surface area contributed by atoms with Crippen LogP contribution in [0.25, 0.3) is 11.3 Å². The van der Waals surface area contributed by atoms with Crippen LogP contribution in [-0.4, -0.2) is 24.5 Å². The zero-order valence-electron chi connectivity index (χ0n) is 15.6. The van der Waals surface area contributed by atoms with E-state index in [9.17, 15) is 4.39 Å². The van der Waals surface area contributed by atoms with Gasteiger partial charge in [-0.2, -0.15) is 5.10 Å². The number of rotatable bonds is 8. The van der Waals surface area contributed by atoms with Gasteiger partial charge in [-0.1, -0.05) is 35.6 Å². The molecule has 1 heterocycles. The van der Waals surface area contributed by atoms with Crippen molar-refractivity contribution >= 4 is 24.0 Å². The Balaban J connectivity index is 1.82. The van der Waals surface area contributed by atoms with Gasteiger partial charge in [0.1, 0.15) is 12.5 Å². The molecule has 0 amide bonds. The molecule has 142 valence electrons. The van der Waals surface area contributed by atoms with Crippen molar-refractivity contribution in [3.05, 3.63) is 40.2 Å². The molecular weight excluding hydrogens is 413 g/mol. The highest BCUT2D eigenvalue weighted by Crippen LogP contribution is 2.43. The smallest absolute Gasteiger partial charge is 0.139 e. The van der Waals surface area contributed by atoms with Crippen molar-refractivity contribution in [3.63, 3.8) is 0 Å². The molecule has 0 aliphatic heterocycles. The van der Waals surface area contributed by atoms with Crippen LogP contribution in [0.15, 0.2) is 28.9 Å². The third kappa shape index (κ3) is 5.03. The molecule has 0 bridgehead atoms. The van der Waals surface area contributed by atoms with Gasteiger partial charge in [-0.15, -0.1) is 0 Å². The number of hydrogen-bond acceptors (Lipinski definition) is 3. The van der Waals surface area contributed by atoms with Gasteiger partial charge >= 0.3 is 0 Å². The molecule has 7 heteroatoms. The average Bonchev–Trinajstić information content (AvgIpc) is 3.32. The Kier molecular flexibility index (Phi) is 6.01. The summed E-state index contributed by atoms with van der Waals surface area (Å²) >= 11 is 3.51. The Bertz CT molecular complexity index is 771. The predicted molar refractivity (Wildman–Crippen MR) is 109 cm³/mol. The second kappa shape index (κ2) is 7.92. The van der Waals surface area contributed by atoms with Gasteiger partial charge in [0, 0.05) is 42.5 Å². The lowest BCUT2D eigenvalue weighted by Crippen LogP contribution is -2.22. The highest BCUT2D eigenvalue weighted by molar-refractivity contribution is 9.10. The van der Waals surface area contributed by atoms with Crippen LogP contribution in [0.1, 0.15) is 24.4 Å². The van der Waals surface area contributed by atoms with Crippen LogP contribution in [0, 0.1) is 11.7 Å². The van der Waals surface area contributed by atoms with Gasteiger partial charge in [0.25, 0.3) is 0 Å². The summed E-state index contributed by atoms with van der Waals surface area (Å²) in [6.07, 6.45) is 4.25. The molecule has 1 fully saturated rings. The molecule has 2 N–H and O–H groups in total. The maximum absolute atomic E-state index is 13.8. The molecule has 1 aromatic carbocycles. The van der Waals surface area contributed by atoms with Crippen LogP contribution in [0.5, 0.6) is 0 Å². The first-order valence-corrected chi connectivity index (χ1v) is 13.6. The molecule has 26 heavy (non-hydrogen) atoms. The minimum Gasteiger partial charge on any atom is -0.360 e. The molecule has 1 aliphatic carbocycles. The number of benzene rings is 1. The normalized spacial score (nSPS) is 16.1. The molecule has 4 nitrogen and oxygen atoms in total. The van der Waals surface area contributed by atoms with E-state index in [2.05, 4.69) is 40.7 Å². The highest BCUT2D eigenvalue weighted by atomic mass is 79.9. The first kappa shape index (κ1) is 19.7. The summed E-state index contributed by atoms with van der Waals surface area (Å²) in [7, 11) is -1.11. The van der Waals surface area contributed by atoms with Crippen molar-refractivity contribution in [3.8, 4) is 11.3 Å². The maximum atomic E-state index is 13.8. The Morgan fingerprint density at radius 3 is 2.77 bits per heavy atom. The van der Waals surface area contributed by atoms with E-state index in [4.69, 9.17) is 10.5 Å². The van der Waals surface area contributed by atoms with Gasteiger partial charge in [-0.25, -0.2) is 9.07 Å². The van der Waals surface area contributed by atoms with Crippen molar-refractivity contribution < 1.29 is 9.13 Å². The fourth-order valence-corrected chi connectivity index (χ4v) is 4.07. The Hall–Kier alpha value is -1.02. The maximum Gasteiger partial charge on any atom is 0.139 e. The van der Waals surface area contributed by atoms with E-state index in [0.29, 0.717) is 12.6 Å². The second-order valence-corrected chi connectivity index (χ2v) is 14.8. The fraction of sp³-hybridized carbons (Fsp3) is 0.526. The van der Waals surface area contributed by atoms with Crippen molar-refractivity contribution in [2.75, 3.05) is 6.61 Å². The number of halogens is 2. The topological polar surface area (TPSA) is 53.1 Å². The lowest BCUT2D eigenvalue weighted by molar-refractivity contribution is 0.0786. The minimum absolute atomic E-state index is 0.0732. The molecule has 1 saturated carbocycles. The van der Waals surface area contributed by atoms with E-state index >= 15 is 0 Å². The molecule has 3 rings (SSSR count). The monoisotopic (exact) mass is 439 g/mol. The van der Waals surface area contributed by atoms with E-state index in [-0.39, 0.29) is 11.9 Å². The number of hydrogen-bond donors (Lipinski definition) is 1. The third-order valence-electron chi connectivity index (χ3n) is 4.68. The van der Waals surface area contributed by atoms with Gasteiger partial charge in [-0.05, 0) is 43.0 Å². The standard InChI is InChI=1S/C19H27BrFN3OSi/c1-26(2,3)9-8-25-12-24-11-16(18(22)13-4-5-13)19(23-24)15-10-14(21)6-7-17(15)20/h6-7,10-11,13,18H,4-5,8-9,12,22H2,1-3H3/t18-/m1/s1. The zero-order valence-corrected chi connectivity index (χ0v) is 18.2. The lowest BCUT2D eigenvalue weighted by Gasteiger charge is -2.15. The lowest BCUT2D eigenvalue weighted by atomic mass is 10.00. The van der Waals surface area contributed by atoms with Crippen LogP contribution >= 0.6 is 15.9 Å². The molecular formula is C19H27BrFN3OSi. The molecule has 2 aromatic rings. The van der Waals surface area contributed by atoms with Crippen LogP contribution in [0.3, 0.4) is 0 Å². The Morgan fingerprint density at radius 1 is 1.38 bits per heavy atom. The summed E-state index contributed by atoms with van der Waals surface area (Å²) in [5.74, 6) is 0.210. The fourth-order valence-electron chi connectivity index (χ4n) is 2.88. The van der Waals surface area contributed by atoms with Gasteiger partial charge in [-0.3, -0.25) is 0 Å². The second-order valence-electron chi connectivity index (χ2n) is 8.31. The van der Waals surface area contributed by atoms with E-state index in [1.54, 1.807) is 10.7 Å². The van der Waals surface area contributed by atoms with Crippen molar-refractivity contribution in [2.24, 2.45) is 11.7 Å². The highest BCUT2D eigenvalue weighted by Gasteiger charge is 2.33. The van der Waals surface area contributed by atoms with Crippen LogP contribution < -0.4 is 5.73 Å². The Labute approximate surface area is 164 Å². The van der Waals surface area contributed by atoms with Gasteiger partial charge < -0.3 is 10.5 Å². The summed E-state index contributed by atoms with van der Waals surface area (Å²) in [6, 6.07) is 5.69. The van der Waals surface area contributed by atoms with E-state index in [0.717, 1.165) is 46.8 Å². The van der Waals surface area contributed by atoms with Gasteiger partial charge in [0.2, 0.25) is 0 Å². The summed E-state index contributed by atoms with van der Waals surface area (Å²) in [4.78, 5) is 0. The SMILES string of the molecule is C[Si](C)(C)CCOCn1cc([C@H](N)C2CC2)c(-c2cc(F)ccc2Br)n1. The molecule has 0 radical (unpaired) electrons. The molecule has 0 saturated heterocycles. The zero-order chi connectivity index (χ0) is 18.9. The van der Waals surface area contributed by atoms with E-state index in [1.807, 2.05) is 6.20 Å². The number of ether oxygens (including phenoxy) is 1. The summed E-state index contributed by atoms with van der Waals surface area (Å²) in [6.45, 7) is 8.12. The molecule has 0 spiro atoms. The van der Waals surface area contributed by atoms with Crippen molar-refractivity contribution in [1.82, 2.24) is 9.78 Å². The number of nitrogens with zero attached hydrogens (tertiary/aromatic N) is 2.